The number of hydrogen-bond acceptors (Lipinski definition) is 1. The first-order valence-corrected chi connectivity index (χ1v) is 4.89. The van der Waals surface area contributed by atoms with Crippen LogP contribution < -0.4 is 5.73 Å². The molecule has 1 saturated carbocycles. The average molecular weight is 173 g/mol. The quantitative estimate of drug-likeness (QED) is 0.601. The number of primary amides is 1. The molecule has 0 bridgehead atoms. The second-order valence-corrected chi connectivity index (χ2v) is 3.00. The summed E-state index contributed by atoms with van der Waals surface area (Å²) < 4.78 is 0. The fourth-order valence-electron chi connectivity index (χ4n) is 1.13. The van der Waals surface area contributed by atoms with Crippen molar-refractivity contribution < 1.29 is 4.79 Å². The third-order valence-corrected chi connectivity index (χ3v) is 1.64. The topological polar surface area (TPSA) is 43.1 Å². The SMILES string of the molecule is CC.CC(N)=O.CC1CCCC1. The van der Waals surface area contributed by atoms with Gasteiger partial charge in [0.1, 0.15) is 0 Å². The fourth-order valence-corrected chi connectivity index (χ4v) is 1.13. The van der Waals surface area contributed by atoms with Gasteiger partial charge in [0.25, 0.3) is 0 Å². The third-order valence-electron chi connectivity index (χ3n) is 1.64. The van der Waals surface area contributed by atoms with Crippen LogP contribution in [0.1, 0.15) is 53.4 Å². The van der Waals surface area contributed by atoms with E-state index in [1.165, 1.54) is 32.6 Å². The number of carbonyl (C=O) groups is 1. The van der Waals surface area contributed by atoms with Gasteiger partial charge in [0.05, 0.1) is 0 Å². The van der Waals surface area contributed by atoms with Gasteiger partial charge in [-0.25, -0.2) is 0 Å². The van der Waals surface area contributed by atoms with Crippen LogP contribution in [0.2, 0.25) is 0 Å². The maximum absolute atomic E-state index is 9.22. The highest BCUT2D eigenvalue weighted by Crippen LogP contribution is 2.22. The summed E-state index contributed by atoms with van der Waals surface area (Å²) in [5, 5.41) is 0. The lowest BCUT2D eigenvalue weighted by Crippen LogP contribution is -2.01. The molecular formula is C10H23NO. The first kappa shape index (κ1) is 14.0. The van der Waals surface area contributed by atoms with Crippen molar-refractivity contribution in [3.05, 3.63) is 0 Å². The van der Waals surface area contributed by atoms with Crippen molar-refractivity contribution in [2.24, 2.45) is 11.7 Å². The number of nitrogens with two attached hydrogens (primary N) is 1. The molecule has 1 aliphatic rings. The predicted molar refractivity (Wildman–Crippen MR) is 53.8 cm³/mol. The summed E-state index contributed by atoms with van der Waals surface area (Å²) in [6.45, 7) is 7.65. The highest BCUT2D eigenvalue weighted by atomic mass is 16.1. The minimum atomic E-state index is -0.333. The molecule has 0 radical (unpaired) electrons. The van der Waals surface area contributed by atoms with Crippen LogP contribution in [0.25, 0.3) is 0 Å². The molecule has 1 rings (SSSR count). The minimum absolute atomic E-state index is 0.333. The van der Waals surface area contributed by atoms with Gasteiger partial charge in [-0.3, -0.25) is 4.79 Å². The molecule has 0 heterocycles. The number of rotatable bonds is 0. The van der Waals surface area contributed by atoms with Gasteiger partial charge < -0.3 is 5.73 Å². The van der Waals surface area contributed by atoms with E-state index in [-0.39, 0.29) is 5.91 Å². The molecule has 0 aromatic carbocycles. The van der Waals surface area contributed by atoms with Crippen molar-refractivity contribution in [1.29, 1.82) is 0 Å². The van der Waals surface area contributed by atoms with Gasteiger partial charge in [-0.2, -0.15) is 0 Å². The molecule has 0 unspecified atom stereocenters. The van der Waals surface area contributed by atoms with Gasteiger partial charge in [-0.1, -0.05) is 46.5 Å². The zero-order valence-electron chi connectivity index (χ0n) is 8.89. The average Bonchev–Trinajstić information content (AvgIpc) is 2.43. The molecule has 0 atom stereocenters. The summed E-state index contributed by atoms with van der Waals surface area (Å²) in [6.07, 6.45) is 5.95. The first-order valence-electron chi connectivity index (χ1n) is 4.89. The van der Waals surface area contributed by atoms with Gasteiger partial charge in [-0.05, 0) is 5.92 Å². The lowest BCUT2D eigenvalue weighted by Gasteiger charge is -1.91. The standard InChI is InChI=1S/C6H12.C2H5NO.C2H6/c1-6-4-2-3-5-6;1-2(3)4;1-2/h6H,2-5H2,1H3;1H3,(H2,3,4);1-2H3. The van der Waals surface area contributed by atoms with Crippen molar-refractivity contribution in [2.75, 3.05) is 0 Å². The van der Waals surface area contributed by atoms with Crippen molar-refractivity contribution in [2.45, 2.75) is 53.4 Å². The maximum Gasteiger partial charge on any atom is 0.214 e. The zero-order chi connectivity index (χ0) is 9.98. The number of hydrogen-bond donors (Lipinski definition) is 1. The number of amides is 1. The summed E-state index contributed by atoms with van der Waals surface area (Å²) in [5.41, 5.74) is 4.47. The van der Waals surface area contributed by atoms with Crippen molar-refractivity contribution >= 4 is 5.91 Å². The molecule has 2 N–H and O–H groups in total. The molecule has 1 amide bonds. The van der Waals surface area contributed by atoms with Crippen LogP contribution in [0.4, 0.5) is 0 Å². The minimum Gasteiger partial charge on any atom is -0.370 e. The Kier molecular flexibility index (Phi) is 12.2. The van der Waals surface area contributed by atoms with Crippen molar-refractivity contribution in [3.8, 4) is 0 Å². The molecule has 0 aliphatic heterocycles. The first-order chi connectivity index (χ1) is 5.63. The second-order valence-electron chi connectivity index (χ2n) is 3.00. The van der Waals surface area contributed by atoms with E-state index in [2.05, 4.69) is 12.7 Å². The summed E-state index contributed by atoms with van der Waals surface area (Å²) in [7, 11) is 0. The van der Waals surface area contributed by atoms with E-state index < -0.39 is 0 Å². The van der Waals surface area contributed by atoms with Crippen LogP contribution in [0.15, 0.2) is 0 Å². The third kappa shape index (κ3) is 16.2. The van der Waals surface area contributed by atoms with Crippen LogP contribution in [0, 0.1) is 5.92 Å². The van der Waals surface area contributed by atoms with Crippen LogP contribution >= 0.6 is 0 Å². The fraction of sp³-hybridized carbons (Fsp3) is 0.900. The molecule has 2 heteroatoms. The van der Waals surface area contributed by atoms with E-state index >= 15 is 0 Å². The van der Waals surface area contributed by atoms with Gasteiger partial charge in [0.15, 0.2) is 0 Å². The van der Waals surface area contributed by atoms with E-state index in [0.717, 1.165) is 5.92 Å². The van der Waals surface area contributed by atoms with E-state index in [4.69, 9.17) is 0 Å². The zero-order valence-corrected chi connectivity index (χ0v) is 8.89. The predicted octanol–water partition coefficient (Wildman–Crippen LogP) is 2.71. The Hall–Kier alpha value is -0.530. The molecule has 0 aromatic rings. The molecule has 2 nitrogen and oxygen atoms in total. The molecule has 1 fully saturated rings. The molecule has 1 aliphatic carbocycles. The highest BCUT2D eigenvalue weighted by Gasteiger charge is 2.07. The Labute approximate surface area is 76.5 Å². The largest absolute Gasteiger partial charge is 0.370 e. The van der Waals surface area contributed by atoms with E-state index in [1.807, 2.05) is 13.8 Å². The van der Waals surface area contributed by atoms with Crippen LogP contribution in [0.5, 0.6) is 0 Å². The van der Waals surface area contributed by atoms with Crippen molar-refractivity contribution in [3.63, 3.8) is 0 Å². The molecular weight excluding hydrogens is 150 g/mol. The Morgan fingerprint density at radius 3 is 1.58 bits per heavy atom. The Morgan fingerprint density at radius 2 is 1.50 bits per heavy atom. The van der Waals surface area contributed by atoms with Crippen LogP contribution in [0.3, 0.4) is 0 Å². The Balaban J connectivity index is 0. The molecule has 74 valence electrons. The van der Waals surface area contributed by atoms with E-state index in [9.17, 15) is 4.79 Å². The lowest BCUT2D eigenvalue weighted by atomic mass is 10.2. The van der Waals surface area contributed by atoms with Gasteiger partial charge in [0.2, 0.25) is 5.91 Å². The number of carbonyl (C=O) groups excluding carboxylic acids is 1. The van der Waals surface area contributed by atoms with Crippen LogP contribution in [-0.2, 0) is 4.79 Å². The Bertz CT molecular complexity index is 92.0. The second kappa shape index (κ2) is 10.5. The van der Waals surface area contributed by atoms with E-state index in [1.54, 1.807) is 0 Å². The maximum atomic E-state index is 9.22. The normalized spacial score (nSPS) is 15.3. The molecule has 0 saturated heterocycles. The van der Waals surface area contributed by atoms with Gasteiger partial charge in [0, 0.05) is 6.92 Å². The summed E-state index contributed by atoms with van der Waals surface area (Å²) in [4.78, 5) is 9.22. The smallest absolute Gasteiger partial charge is 0.214 e. The highest BCUT2D eigenvalue weighted by molar-refractivity contribution is 5.70. The summed E-state index contributed by atoms with van der Waals surface area (Å²) in [5.74, 6) is 0.713. The summed E-state index contributed by atoms with van der Waals surface area (Å²) in [6, 6.07) is 0. The Morgan fingerprint density at radius 1 is 1.25 bits per heavy atom. The van der Waals surface area contributed by atoms with E-state index in [0.29, 0.717) is 0 Å². The van der Waals surface area contributed by atoms with Crippen molar-refractivity contribution in [1.82, 2.24) is 0 Å². The molecule has 12 heavy (non-hydrogen) atoms. The molecule has 0 spiro atoms. The summed E-state index contributed by atoms with van der Waals surface area (Å²) >= 11 is 0. The van der Waals surface area contributed by atoms with Crippen LogP contribution in [-0.4, -0.2) is 5.91 Å². The van der Waals surface area contributed by atoms with Gasteiger partial charge in [-0.15, -0.1) is 0 Å². The lowest BCUT2D eigenvalue weighted by molar-refractivity contribution is -0.115. The van der Waals surface area contributed by atoms with Gasteiger partial charge >= 0.3 is 0 Å². The monoisotopic (exact) mass is 173 g/mol. The molecule has 0 aromatic heterocycles.